The van der Waals surface area contributed by atoms with Crippen LogP contribution in [0.5, 0.6) is 0 Å². The predicted octanol–water partition coefficient (Wildman–Crippen LogP) is 4.39. The molecule has 0 atom stereocenters. The Bertz CT molecular complexity index is 407. The first kappa shape index (κ1) is 13.4. The van der Waals surface area contributed by atoms with Crippen LogP contribution in [0.3, 0.4) is 0 Å². The average Bonchev–Trinajstić information content (AvgIpc) is 2.31. The van der Waals surface area contributed by atoms with Gasteiger partial charge in [-0.2, -0.15) is 0 Å². The van der Waals surface area contributed by atoms with Gasteiger partial charge in [-0.25, -0.2) is 0 Å². The number of aryl methyl sites for hydroxylation is 2. The van der Waals surface area contributed by atoms with Crippen LogP contribution < -0.4 is 0 Å². The highest BCUT2D eigenvalue weighted by atomic mass is 14.3. The number of allylic oxidation sites excluding steroid dienone is 3. The van der Waals surface area contributed by atoms with Crippen molar-refractivity contribution < 1.29 is 0 Å². The van der Waals surface area contributed by atoms with Gasteiger partial charge < -0.3 is 5.41 Å². The molecule has 0 bridgehead atoms. The van der Waals surface area contributed by atoms with E-state index in [4.69, 9.17) is 5.41 Å². The molecule has 1 nitrogen and oxygen atoms in total. The molecule has 0 aliphatic heterocycles. The van der Waals surface area contributed by atoms with Crippen molar-refractivity contribution in [3.05, 3.63) is 59.2 Å². The van der Waals surface area contributed by atoms with E-state index < -0.39 is 0 Å². The van der Waals surface area contributed by atoms with Crippen molar-refractivity contribution in [2.24, 2.45) is 0 Å². The first-order chi connectivity index (χ1) is 8.19. The minimum absolute atomic E-state index is 0.993. The molecule has 0 saturated carbocycles. The predicted molar refractivity (Wildman–Crippen MR) is 75.9 cm³/mol. The molecule has 1 aromatic carbocycles. The monoisotopic (exact) mass is 227 g/mol. The number of nitrogens with one attached hydrogen (secondary N) is 1. The van der Waals surface area contributed by atoms with Crippen molar-refractivity contribution in [2.45, 2.75) is 33.1 Å². The Morgan fingerprint density at radius 2 is 1.94 bits per heavy atom. The second-order valence-corrected chi connectivity index (χ2v) is 4.34. The van der Waals surface area contributed by atoms with E-state index >= 15 is 0 Å². The van der Waals surface area contributed by atoms with Gasteiger partial charge >= 0.3 is 0 Å². The van der Waals surface area contributed by atoms with Crippen molar-refractivity contribution in [2.75, 3.05) is 0 Å². The molecule has 0 aliphatic carbocycles. The molecule has 1 aromatic rings. The molecule has 0 unspecified atom stereocenters. The van der Waals surface area contributed by atoms with Crippen LogP contribution in [-0.2, 0) is 6.42 Å². The smallest absolute Gasteiger partial charge is 0.0180 e. The molecular formula is C16H21N. The molecule has 0 saturated heterocycles. The number of hydrogen-bond acceptors (Lipinski definition) is 1. The lowest BCUT2D eigenvalue weighted by atomic mass is 9.96. The molecule has 0 aromatic heterocycles. The lowest BCUT2D eigenvalue weighted by Gasteiger charge is -2.09. The van der Waals surface area contributed by atoms with Crippen LogP contribution in [0.4, 0.5) is 0 Å². The lowest BCUT2D eigenvalue weighted by Crippen LogP contribution is -1.94. The third-order valence-corrected chi connectivity index (χ3v) is 3.10. The van der Waals surface area contributed by atoms with E-state index in [0.29, 0.717) is 0 Å². The van der Waals surface area contributed by atoms with E-state index in [1.165, 1.54) is 22.9 Å². The molecule has 1 rings (SSSR count). The zero-order valence-corrected chi connectivity index (χ0v) is 10.8. The van der Waals surface area contributed by atoms with Crippen LogP contribution in [0, 0.1) is 19.3 Å². The maximum absolute atomic E-state index is 7.06. The first-order valence-corrected chi connectivity index (χ1v) is 6.06. The van der Waals surface area contributed by atoms with Gasteiger partial charge in [0.05, 0.1) is 0 Å². The van der Waals surface area contributed by atoms with Gasteiger partial charge in [0.2, 0.25) is 0 Å². The molecule has 17 heavy (non-hydrogen) atoms. The topological polar surface area (TPSA) is 23.9 Å². The van der Waals surface area contributed by atoms with Gasteiger partial charge in [-0.1, -0.05) is 30.9 Å². The summed E-state index contributed by atoms with van der Waals surface area (Å²) in [6.07, 6.45) is 8.19. The maximum atomic E-state index is 7.06. The molecule has 0 heterocycles. The Morgan fingerprint density at radius 1 is 1.29 bits per heavy atom. The van der Waals surface area contributed by atoms with Gasteiger partial charge in [-0.05, 0) is 61.4 Å². The van der Waals surface area contributed by atoms with E-state index in [2.05, 4.69) is 38.6 Å². The lowest BCUT2D eigenvalue weighted by molar-refractivity contribution is 0.815. The van der Waals surface area contributed by atoms with E-state index in [0.717, 1.165) is 24.8 Å². The molecule has 0 aliphatic rings. The van der Waals surface area contributed by atoms with E-state index in [-0.39, 0.29) is 0 Å². The summed E-state index contributed by atoms with van der Waals surface area (Å²) >= 11 is 0. The number of benzene rings is 1. The fourth-order valence-electron chi connectivity index (χ4n) is 2.07. The Morgan fingerprint density at radius 3 is 2.47 bits per heavy atom. The highest BCUT2D eigenvalue weighted by Gasteiger charge is 2.02. The Hall–Kier alpha value is -1.63. The molecule has 0 spiro atoms. The van der Waals surface area contributed by atoms with Crippen LogP contribution in [0.2, 0.25) is 0 Å². The van der Waals surface area contributed by atoms with Crippen LogP contribution >= 0.6 is 0 Å². The van der Waals surface area contributed by atoms with Crippen molar-refractivity contribution in [3.63, 3.8) is 0 Å². The Labute approximate surface area is 104 Å². The molecule has 0 fully saturated rings. The highest BCUT2D eigenvalue weighted by Crippen LogP contribution is 2.17. The normalized spacial score (nSPS) is 11.3. The minimum Gasteiger partial charge on any atom is -0.309 e. The molecule has 1 N–H and O–H groups in total. The molecule has 0 radical (unpaired) electrons. The summed E-state index contributed by atoms with van der Waals surface area (Å²) in [5.74, 6) is 0. The standard InChI is InChI=1S/C16H21N/c1-4-15(11-12-17)9-6-10-16-13(2)7-5-8-14(16)3/h4-5,7-8,11-12,17H,1,6,9-10H2,2-3H3/b15-11+,17-12?. The van der Waals surface area contributed by atoms with E-state index in [9.17, 15) is 0 Å². The molecule has 90 valence electrons. The highest BCUT2D eigenvalue weighted by molar-refractivity contribution is 5.69. The molecule has 1 heteroatoms. The van der Waals surface area contributed by atoms with Crippen molar-refractivity contribution >= 4 is 6.21 Å². The van der Waals surface area contributed by atoms with Gasteiger partial charge in [-0.15, -0.1) is 0 Å². The summed E-state index contributed by atoms with van der Waals surface area (Å²) in [7, 11) is 0. The second kappa shape index (κ2) is 6.85. The van der Waals surface area contributed by atoms with Gasteiger partial charge in [-0.3, -0.25) is 0 Å². The summed E-state index contributed by atoms with van der Waals surface area (Å²) in [6, 6.07) is 6.45. The zero-order valence-electron chi connectivity index (χ0n) is 10.8. The third-order valence-electron chi connectivity index (χ3n) is 3.10. The summed E-state index contributed by atoms with van der Waals surface area (Å²) in [4.78, 5) is 0. The van der Waals surface area contributed by atoms with Crippen LogP contribution in [0.1, 0.15) is 29.5 Å². The number of hydrogen-bond donors (Lipinski definition) is 1. The quantitative estimate of drug-likeness (QED) is 0.550. The molecular weight excluding hydrogens is 206 g/mol. The Balaban J connectivity index is 2.59. The first-order valence-electron chi connectivity index (χ1n) is 6.06. The second-order valence-electron chi connectivity index (χ2n) is 4.34. The van der Waals surface area contributed by atoms with E-state index in [1.54, 1.807) is 0 Å². The van der Waals surface area contributed by atoms with Gasteiger partial charge in [0.15, 0.2) is 0 Å². The fraction of sp³-hybridized carbons (Fsp3) is 0.312. The van der Waals surface area contributed by atoms with Crippen LogP contribution in [-0.4, -0.2) is 6.21 Å². The van der Waals surface area contributed by atoms with Crippen LogP contribution in [0.25, 0.3) is 0 Å². The summed E-state index contributed by atoms with van der Waals surface area (Å²) < 4.78 is 0. The van der Waals surface area contributed by atoms with Crippen molar-refractivity contribution in [1.29, 1.82) is 5.41 Å². The minimum atomic E-state index is 0.993. The summed E-state index contributed by atoms with van der Waals surface area (Å²) in [6.45, 7) is 8.11. The van der Waals surface area contributed by atoms with Gasteiger partial charge in [0.25, 0.3) is 0 Å². The summed E-state index contributed by atoms with van der Waals surface area (Å²) in [5, 5.41) is 7.06. The van der Waals surface area contributed by atoms with Gasteiger partial charge in [0.1, 0.15) is 0 Å². The van der Waals surface area contributed by atoms with E-state index in [1.807, 2.05) is 12.2 Å². The maximum Gasteiger partial charge on any atom is 0.0180 e. The number of rotatable bonds is 6. The SMILES string of the molecule is C=C/C(=C\C=N)CCCc1c(C)cccc1C. The van der Waals surface area contributed by atoms with Crippen molar-refractivity contribution in [1.82, 2.24) is 0 Å². The summed E-state index contributed by atoms with van der Waals surface area (Å²) in [5.41, 5.74) is 5.36. The van der Waals surface area contributed by atoms with Gasteiger partial charge in [0, 0.05) is 6.21 Å². The fourth-order valence-corrected chi connectivity index (χ4v) is 2.07. The Kier molecular flexibility index (Phi) is 5.41. The van der Waals surface area contributed by atoms with Crippen molar-refractivity contribution in [3.8, 4) is 0 Å². The zero-order chi connectivity index (χ0) is 12.7. The van der Waals surface area contributed by atoms with Crippen LogP contribution in [0.15, 0.2) is 42.5 Å². The molecule has 0 amide bonds. The largest absolute Gasteiger partial charge is 0.309 e. The third kappa shape index (κ3) is 4.03. The average molecular weight is 227 g/mol.